The summed E-state index contributed by atoms with van der Waals surface area (Å²) >= 11 is 0. The highest BCUT2D eigenvalue weighted by Gasteiger charge is 2.27. The Balaban J connectivity index is 2.48. The van der Waals surface area contributed by atoms with Gasteiger partial charge in [-0.3, -0.25) is 4.79 Å². The number of carbonyl (C=O) groups is 1. The van der Waals surface area contributed by atoms with E-state index in [2.05, 4.69) is 26.1 Å². The van der Waals surface area contributed by atoms with Crippen molar-refractivity contribution >= 4 is 5.97 Å². The average molecular weight is 243 g/mol. The highest BCUT2D eigenvalue weighted by atomic mass is 16.5. The lowest BCUT2D eigenvalue weighted by molar-refractivity contribution is -0.143. The molecule has 1 N–H and O–H groups in total. The Morgan fingerprint density at radius 3 is 2.65 bits per heavy atom. The van der Waals surface area contributed by atoms with Crippen molar-refractivity contribution in [1.29, 1.82) is 0 Å². The van der Waals surface area contributed by atoms with Gasteiger partial charge in [-0.05, 0) is 31.6 Å². The van der Waals surface area contributed by atoms with E-state index in [1.807, 2.05) is 0 Å². The SMILES string of the molecule is COC(=O)C(CC(C)C)NC(C)C1CCOC1. The third-order valence-corrected chi connectivity index (χ3v) is 3.33. The molecule has 0 radical (unpaired) electrons. The summed E-state index contributed by atoms with van der Waals surface area (Å²) in [7, 11) is 1.45. The van der Waals surface area contributed by atoms with Crippen molar-refractivity contribution < 1.29 is 14.3 Å². The molecular formula is C13H25NO3. The number of ether oxygens (including phenoxy) is 2. The predicted molar refractivity (Wildman–Crippen MR) is 66.8 cm³/mol. The number of nitrogens with one attached hydrogen (secondary N) is 1. The Kier molecular flexibility index (Phi) is 5.92. The molecule has 3 atom stereocenters. The fourth-order valence-electron chi connectivity index (χ4n) is 2.25. The predicted octanol–water partition coefficient (Wildman–Crippen LogP) is 1.59. The Morgan fingerprint density at radius 2 is 2.18 bits per heavy atom. The average Bonchev–Trinajstić information content (AvgIpc) is 2.79. The molecule has 0 aliphatic carbocycles. The molecule has 0 amide bonds. The molecule has 0 aromatic carbocycles. The van der Waals surface area contributed by atoms with Crippen LogP contribution in [0.1, 0.15) is 33.6 Å². The van der Waals surface area contributed by atoms with Crippen LogP contribution in [0.3, 0.4) is 0 Å². The van der Waals surface area contributed by atoms with Crippen molar-refractivity contribution in [2.24, 2.45) is 11.8 Å². The van der Waals surface area contributed by atoms with Crippen molar-refractivity contribution in [2.75, 3.05) is 20.3 Å². The summed E-state index contributed by atoms with van der Waals surface area (Å²) in [4.78, 5) is 11.7. The lowest BCUT2D eigenvalue weighted by Gasteiger charge is -2.25. The number of methoxy groups -OCH3 is 1. The van der Waals surface area contributed by atoms with Gasteiger partial charge in [-0.25, -0.2) is 0 Å². The molecule has 4 nitrogen and oxygen atoms in total. The summed E-state index contributed by atoms with van der Waals surface area (Å²) in [5.74, 6) is 0.817. The van der Waals surface area contributed by atoms with E-state index in [1.54, 1.807) is 0 Å². The zero-order chi connectivity index (χ0) is 12.8. The minimum absolute atomic E-state index is 0.163. The maximum Gasteiger partial charge on any atom is 0.322 e. The number of carbonyl (C=O) groups excluding carboxylic acids is 1. The minimum Gasteiger partial charge on any atom is -0.468 e. The lowest BCUT2D eigenvalue weighted by Crippen LogP contribution is -2.46. The first kappa shape index (κ1) is 14.5. The van der Waals surface area contributed by atoms with Gasteiger partial charge in [0, 0.05) is 12.6 Å². The van der Waals surface area contributed by atoms with Crippen molar-refractivity contribution in [3.63, 3.8) is 0 Å². The summed E-state index contributed by atoms with van der Waals surface area (Å²) in [6.07, 6.45) is 1.88. The molecule has 4 heteroatoms. The van der Waals surface area contributed by atoms with Gasteiger partial charge in [-0.1, -0.05) is 13.8 Å². The van der Waals surface area contributed by atoms with Crippen LogP contribution in [0.5, 0.6) is 0 Å². The van der Waals surface area contributed by atoms with E-state index in [0.717, 1.165) is 26.1 Å². The maximum atomic E-state index is 11.7. The second-order valence-electron chi connectivity index (χ2n) is 5.28. The first-order chi connectivity index (χ1) is 8.04. The molecule has 0 bridgehead atoms. The molecule has 100 valence electrons. The van der Waals surface area contributed by atoms with Crippen LogP contribution in [0, 0.1) is 11.8 Å². The van der Waals surface area contributed by atoms with Crippen molar-refractivity contribution in [3.05, 3.63) is 0 Å². The van der Waals surface area contributed by atoms with Gasteiger partial charge in [0.1, 0.15) is 6.04 Å². The fraction of sp³-hybridized carbons (Fsp3) is 0.923. The van der Waals surface area contributed by atoms with Gasteiger partial charge < -0.3 is 14.8 Å². The van der Waals surface area contributed by atoms with E-state index in [4.69, 9.17) is 9.47 Å². The van der Waals surface area contributed by atoms with Crippen LogP contribution in [0.2, 0.25) is 0 Å². The van der Waals surface area contributed by atoms with Crippen LogP contribution in [0.25, 0.3) is 0 Å². The van der Waals surface area contributed by atoms with Crippen LogP contribution in [-0.4, -0.2) is 38.4 Å². The zero-order valence-corrected chi connectivity index (χ0v) is 11.4. The second-order valence-corrected chi connectivity index (χ2v) is 5.28. The molecular weight excluding hydrogens is 218 g/mol. The van der Waals surface area contributed by atoms with Gasteiger partial charge in [0.2, 0.25) is 0 Å². The molecule has 1 heterocycles. The maximum absolute atomic E-state index is 11.7. The summed E-state index contributed by atoms with van der Waals surface area (Å²) in [6.45, 7) is 7.98. The van der Waals surface area contributed by atoms with Crippen LogP contribution in [0.4, 0.5) is 0 Å². The molecule has 1 aliphatic rings. The normalized spacial score (nSPS) is 23.7. The Morgan fingerprint density at radius 1 is 1.47 bits per heavy atom. The van der Waals surface area contributed by atoms with E-state index >= 15 is 0 Å². The number of hydrogen-bond acceptors (Lipinski definition) is 4. The quantitative estimate of drug-likeness (QED) is 0.720. The highest BCUT2D eigenvalue weighted by molar-refractivity contribution is 5.75. The molecule has 17 heavy (non-hydrogen) atoms. The second kappa shape index (κ2) is 6.97. The molecule has 1 aliphatic heterocycles. The third kappa shape index (κ3) is 4.64. The Bertz CT molecular complexity index is 237. The third-order valence-electron chi connectivity index (χ3n) is 3.33. The molecule has 1 saturated heterocycles. The van der Waals surface area contributed by atoms with Gasteiger partial charge >= 0.3 is 5.97 Å². The fourth-order valence-corrected chi connectivity index (χ4v) is 2.25. The standard InChI is InChI=1S/C13H25NO3/c1-9(2)7-12(13(15)16-4)14-10(3)11-5-6-17-8-11/h9-12,14H,5-8H2,1-4H3. The molecule has 0 spiro atoms. The van der Waals surface area contributed by atoms with Gasteiger partial charge in [0.15, 0.2) is 0 Å². The molecule has 0 saturated carbocycles. The summed E-state index contributed by atoms with van der Waals surface area (Å²) in [5, 5.41) is 3.39. The number of esters is 1. The van der Waals surface area contributed by atoms with Crippen LogP contribution in [-0.2, 0) is 14.3 Å². The first-order valence-corrected chi connectivity index (χ1v) is 6.46. The van der Waals surface area contributed by atoms with E-state index in [1.165, 1.54) is 7.11 Å². The molecule has 1 rings (SSSR count). The van der Waals surface area contributed by atoms with Gasteiger partial charge in [0.05, 0.1) is 13.7 Å². The topological polar surface area (TPSA) is 47.6 Å². The Labute approximate surface area is 104 Å². The van der Waals surface area contributed by atoms with E-state index in [-0.39, 0.29) is 12.0 Å². The van der Waals surface area contributed by atoms with Crippen molar-refractivity contribution in [2.45, 2.75) is 45.7 Å². The summed E-state index contributed by atoms with van der Waals surface area (Å²) in [5.41, 5.74) is 0. The number of rotatable bonds is 6. The largest absolute Gasteiger partial charge is 0.468 e. The Hall–Kier alpha value is -0.610. The van der Waals surface area contributed by atoms with E-state index < -0.39 is 0 Å². The molecule has 0 aromatic heterocycles. The summed E-state index contributed by atoms with van der Waals surface area (Å²) < 4.78 is 10.2. The van der Waals surface area contributed by atoms with E-state index in [0.29, 0.717) is 17.9 Å². The van der Waals surface area contributed by atoms with Crippen molar-refractivity contribution in [3.8, 4) is 0 Å². The monoisotopic (exact) mass is 243 g/mol. The zero-order valence-electron chi connectivity index (χ0n) is 11.4. The highest BCUT2D eigenvalue weighted by Crippen LogP contribution is 2.18. The molecule has 0 aromatic rings. The smallest absolute Gasteiger partial charge is 0.322 e. The molecule has 3 unspecified atom stereocenters. The van der Waals surface area contributed by atoms with Gasteiger partial charge in [-0.15, -0.1) is 0 Å². The van der Waals surface area contributed by atoms with Crippen LogP contribution >= 0.6 is 0 Å². The van der Waals surface area contributed by atoms with Crippen LogP contribution in [0.15, 0.2) is 0 Å². The lowest BCUT2D eigenvalue weighted by atomic mass is 9.97. The number of hydrogen-bond donors (Lipinski definition) is 1. The van der Waals surface area contributed by atoms with Crippen LogP contribution < -0.4 is 5.32 Å². The molecule has 1 fully saturated rings. The summed E-state index contributed by atoms with van der Waals surface area (Å²) in [6, 6.07) is 0.0935. The van der Waals surface area contributed by atoms with E-state index in [9.17, 15) is 4.79 Å². The first-order valence-electron chi connectivity index (χ1n) is 6.46. The minimum atomic E-state index is -0.199. The van der Waals surface area contributed by atoms with Gasteiger partial charge in [0.25, 0.3) is 0 Å². The van der Waals surface area contributed by atoms with Crippen molar-refractivity contribution in [1.82, 2.24) is 5.32 Å². The van der Waals surface area contributed by atoms with Gasteiger partial charge in [-0.2, -0.15) is 0 Å².